The number of ether oxygens (including phenoxy) is 1. The van der Waals surface area contributed by atoms with E-state index in [4.69, 9.17) is 14.9 Å². The topological polar surface area (TPSA) is 83.8 Å². The van der Waals surface area contributed by atoms with Crippen molar-refractivity contribution in [3.05, 3.63) is 40.1 Å². The van der Waals surface area contributed by atoms with E-state index in [0.29, 0.717) is 16.9 Å². The Morgan fingerprint density at radius 3 is 2.42 bits per heavy atom. The number of carboxylic acids is 2. The molecule has 6 heteroatoms. The molecule has 2 N–H and O–H groups in total. The van der Waals surface area contributed by atoms with E-state index in [1.54, 1.807) is 11.4 Å². The molecular weight excluding hydrogens is 268 g/mol. The lowest BCUT2D eigenvalue weighted by Crippen LogP contribution is -1.97. The van der Waals surface area contributed by atoms with E-state index in [2.05, 4.69) is 0 Å². The summed E-state index contributed by atoms with van der Waals surface area (Å²) in [5.74, 6) is -1.63. The smallest absolute Gasteiger partial charge is 0.345 e. The van der Waals surface area contributed by atoms with Crippen LogP contribution in [0.2, 0.25) is 0 Å². The maximum absolute atomic E-state index is 10.9. The van der Waals surface area contributed by atoms with Gasteiger partial charge in [-0.2, -0.15) is 0 Å². The SMILES string of the molecule is COc1cc(C(=O)O)ccc1-c1csc(C(=O)O)c1. The molecule has 0 atom stereocenters. The summed E-state index contributed by atoms with van der Waals surface area (Å²) in [6.07, 6.45) is 0. The molecule has 98 valence electrons. The minimum Gasteiger partial charge on any atom is -0.496 e. The lowest BCUT2D eigenvalue weighted by molar-refractivity contribution is 0.0688. The zero-order valence-corrected chi connectivity index (χ0v) is 10.7. The van der Waals surface area contributed by atoms with Crippen molar-refractivity contribution in [1.82, 2.24) is 0 Å². The predicted octanol–water partition coefficient (Wildman–Crippen LogP) is 2.82. The van der Waals surface area contributed by atoms with Gasteiger partial charge in [0.05, 0.1) is 12.7 Å². The zero-order valence-electron chi connectivity index (χ0n) is 9.91. The summed E-state index contributed by atoms with van der Waals surface area (Å²) in [4.78, 5) is 21.9. The Morgan fingerprint density at radius 2 is 1.89 bits per heavy atom. The van der Waals surface area contributed by atoms with Crippen LogP contribution >= 0.6 is 11.3 Å². The second-order valence-electron chi connectivity index (χ2n) is 3.73. The maximum Gasteiger partial charge on any atom is 0.345 e. The molecule has 0 bridgehead atoms. The van der Waals surface area contributed by atoms with Crippen molar-refractivity contribution in [3.63, 3.8) is 0 Å². The van der Waals surface area contributed by atoms with Gasteiger partial charge in [0.2, 0.25) is 0 Å². The van der Waals surface area contributed by atoms with Crippen LogP contribution in [0.15, 0.2) is 29.6 Å². The Hall–Kier alpha value is -2.34. The van der Waals surface area contributed by atoms with Crippen molar-refractivity contribution in [2.75, 3.05) is 7.11 Å². The second kappa shape index (κ2) is 5.11. The van der Waals surface area contributed by atoms with Crippen LogP contribution in [0.25, 0.3) is 11.1 Å². The van der Waals surface area contributed by atoms with E-state index < -0.39 is 11.9 Å². The Bertz CT molecular complexity index is 644. The highest BCUT2D eigenvalue weighted by Crippen LogP contribution is 2.33. The zero-order chi connectivity index (χ0) is 14.0. The Kier molecular flexibility index (Phi) is 3.52. The summed E-state index contributed by atoms with van der Waals surface area (Å²) in [7, 11) is 1.44. The predicted molar refractivity (Wildman–Crippen MR) is 70.2 cm³/mol. The number of aromatic carboxylic acids is 2. The normalized spacial score (nSPS) is 10.2. The summed E-state index contributed by atoms with van der Waals surface area (Å²) in [6, 6.07) is 6.01. The number of rotatable bonds is 4. The van der Waals surface area contributed by atoms with Crippen LogP contribution in [-0.4, -0.2) is 29.3 Å². The van der Waals surface area contributed by atoms with E-state index in [1.165, 1.54) is 25.3 Å². The highest BCUT2D eigenvalue weighted by Gasteiger charge is 2.14. The number of benzene rings is 1. The summed E-state index contributed by atoms with van der Waals surface area (Å²) < 4.78 is 5.15. The van der Waals surface area contributed by atoms with Crippen LogP contribution < -0.4 is 4.74 Å². The molecule has 2 rings (SSSR count). The third-order valence-corrected chi connectivity index (χ3v) is 3.49. The molecule has 0 saturated heterocycles. The van der Waals surface area contributed by atoms with Crippen LogP contribution in [0.3, 0.4) is 0 Å². The molecule has 0 aliphatic rings. The van der Waals surface area contributed by atoms with Crippen molar-refractivity contribution >= 4 is 23.3 Å². The van der Waals surface area contributed by atoms with Gasteiger partial charge in [-0.15, -0.1) is 11.3 Å². The molecule has 1 heterocycles. The molecule has 0 amide bonds. The van der Waals surface area contributed by atoms with Crippen molar-refractivity contribution in [1.29, 1.82) is 0 Å². The fourth-order valence-corrected chi connectivity index (χ4v) is 2.40. The minimum absolute atomic E-state index is 0.120. The molecule has 19 heavy (non-hydrogen) atoms. The number of methoxy groups -OCH3 is 1. The van der Waals surface area contributed by atoms with Gasteiger partial charge in [0, 0.05) is 5.56 Å². The monoisotopic (exact) mass is 278 g/mol. The van der Waals surface area contributed by atoms with Crippen LogP contribution in [0.1, 0.15) is 20.0 Å². The number of hydrogen-bond acceptors (Lipinski definition) is 4. The second-order valence-corrected chi connectivity index (χ2v) is 4.64. The van der Waals surface area contributed by atoms with Crippen LogP contribution in [0.5, 0.6) is 5.75 Å². The van der Waals surface area contributed by atoms with E-state index in [9.17, 15) is 9.59 Å². The summed E-state index contributed by atoms with van der Waals surface area (Å²) in [5, 5.41) is 19.5. The third kappa shape index (κ3) is 2.58. The summed E-state index contributed by atoms with van der Waals surface area (Å²) in [5.41, 5.74) is 1.47. The van der Waals surface area contributed by atoms with Gasteiger partial charge in [-0.05, 0) is 35.2 Å². The van der Waals surface area contributed by atoms with Crippen molar-refractivity contribution in [3.8, 4) is 16.9 Å². The first kappa shape index (κ1) is 13.1. The largest absolute Gasteiger partial charge is 0.496 e. The molecule has 0 aliphatic carbocycles. The van der Waals surface area contributed by atoms with Gasteiger partial charge < -0.3 is 14.9 Å². The van der Waals surface area contributed by atoms with E-state index in [1.807, 2.05) is 0 Å². The Labute approximate surface area is 112 Å². The first-order valence-electron chi connectivity index (χ1n) is 5.26. The van der Waals surface area contributed by atoms with Gasteiger partial charge in [0.25, 0.3) is 0 Å². The van der Waals surface area contributed by atoms with Gasteiger partial charge in [0.1, 0.15) is 10.6 Å². The molecule has 1 aromatic carbocycles. The van der Waals surface area contributed by atoms with Crippen LogP contribution in [-0.2, 0) is 0 Å². The van der Waals surface area contributed by atoms with E-state index >= 15 is 0 Å². The highest BCUT2D eigenvalue weighted by molar-refractivity contribution is 7.12. The lowest BCUT2D eigenvalue weighted by atomic mass is 10.0. The average Bonchev–Trinajstić information content (AvgIpc) is 2.87. The molecule has 0 fully saturated rings. The summed E-state index contributed by atoms with van der Waals surface area (Å²) in [6.45, 7) is 0. The standard InChI is InChI=1S/C13H10O5S/c1-18-10-4-7(12(14)15)2-3-9(10)8-5-11(13(16)17)19-6-8/h2-6H,1H3,(H,14,15)(H,16,17). The number of carboxylic acid groups (broad SMARTS) is 2. The molecule has 0 aliphatic heterocycles. The molecule has 0 unspecified atom stereocenters. The first-order chi connectivity index (χ1) is 9.02. The van der Waals surface area contributed by atoms with Crippen molar-refractivity contribution < 1.29 is 24.5 Å². The van der Waals surface area contributed by atoms with E-state index in [-0.39, 0.29) is 10.4 Å². The first-order valence-corrected chi connectivity index (χ1v) is 6.14. The molecule has 0 spiro atoms. The van der Waals surface area contributed by atoms with E-state index in [0.717, 1.165) is 11.3 Å². The fourth-order valence-electron chi connectivity index (χ4n) is 1.65. The number of thiophene rings is 1. The van der Waals surface area contributed by atoms with Gasteiger partial charge in [-0.25, -0.2) is 9.59 Å². The number of hydrogen-bond donors (Lipinski definition) is 2. The Balaban J connectivity index is 2.48. The number of carbonyl (C=O) groups is 2. The maximum atomic E-state index is 10.9. The van der Waals surface area contributed by atoms with Crippen molar-refractivity contribution in [2.24, 2.45) is 0 Å². The van der Waals surface area contributed by atoms with Gasteiger partial charge >= 0.3 is 11.9 Å². The molecule has 2 aromatic rings. The quantitative estimate of drug-likeness (QED) is 0.898. The lowest BCUT2D eigenvalue weighted by Gasteiger charge is -2.07. The molecule has 1 aromatic heterocycles. The van der Waals surface area contributed by atoms with Gasteiger partial charge in [-0.1, -0.05) is 0 Å². The molecule has 0 saturated carbocycles. The van der Waals surface area contributed by atoms with Gasteiger partial charge in [0.15, 0.2) is 0 Å². The minimum atomic E-state index is -1.04. The summed E-state index contributed by atoms with van der Waals surface area (Å²) >= 11 is 1.11. The van der Waals surface area contributed by atoms with Gasteiger partial charge in [-0.3, -0.25) is 0 Å². The Morgan fingerprint density at radius 1 is 1.16 bits per heavy atom. The average molecular weight is 278 g/mol. The van der Waals surface area contributed by atoms with Crippen LogP contribution in [0, 0.1) is 0 Å². The highest BCUT2D eigenvalue weighted by atomic mass is 32.1. The van der Waals surface area contributed by atoms with Crippen LogP contribution in [0.4, 0.5) is 0 Å². The molecular formula is C13H10O5S. The molecule has 5 nitrogen and oxygen atoms in total. The third-order valence-electron chi connectivity index (χ3n) is 2.57. The fraction of sp³-hybridized carbons (Fsp3) is 0.0769. The molecule has 0 radical (unpaired) electrons. The van der Waals surface area contributed by atoms with Crippen molar-refractivity contribution in [2.45, 2.75) is 0 Å².